The SMILES string of the molecule is Cc1cc(F)ccc1NC(=O)[C@H](C)NC(=O)c1c(C)nc2ncccn12. The summed E-state index contributed by atoms with van der Waals surface area (Å²) >= 11 is 0. The molecule has 0 aliphatic heterocycles. The minimum absolute atomic E-state index is 0.325. The number of imidazole rings is 1. The Morgan fingerprint density at radius 1 is 1.27 bits per heavy atom. The van der Waals surface area contributed by atoms with Gasteiger partial charge in [-0.15, -0.1) is 0 Å². The van der Waals surface area contributed by atoms with Gasteiger partial charge in [0.1, 0.15) is 17.6 Å². The molecule has 3 aromatic rings. The van der Waals surface area contributed by atoms with Crippen LogP contribution in [0, 0.1) is 19.7 Å². The smallest absolute Gasteiger partial charge is 0.270 e. The van der Waals surface area contributed by atoms with Crippen LogP contribution in [-0.4, -0.2) is 32.2 Å². The van der Waals surface area contributed by atoms with Crippen LogP contribution in [0.4, 0.5) is 10.1 Å². The lowest BCUT2D eigenvalue weighted by Gasteiger charge is -2.15. The lowest BCUT2D eigenvalue weighted by Crippen LogP contribution is -2.42. The highest BCUT2D eigenvalue weighted by atomic mass is 19.1. The monoisotopic (exact) mass is 355 g/mol. The Labute approximate surface area is 149 Å². The van der Waals surface area contributed by atoms with E-state index in [4.69, 9.17) is 0 Å². The van der Waals surface area contributed by atoms with E-state index in [0.717, 1.165) is 0 Å². The average molecular weight is 355 g/mol. The molecule has 0 unspecified atom stereocenters. The maximum absolute atomic E-state index is 13.2. The lowest BCUT2D eigenvalue weighted by atomic mass is 10.2. The zero-order valence-corrected chi connectivity index (χ0v) is 14.6. The van der Waals surface area contributed by atoms with Crippen LogP contribution in [0.1, 0.15) is 28.7 Å². The van der Waals surface area contributed by atoms with E-state index in [2.05, 4.69) is 20.6 Å². The fraction of sp³-hybridized carbons (Fsp3) is 0.222. The summed E-state index contributed by atoms with van der Waals surface area (Å²) in [4.78, 5) is 33.3. The number of hydrogen-bond donors (Lipinski definition) is 2. The summed E-state index contributed by atoms with van der Waals surface area (Å²) in [6, 6.07) is 4.97. The fourth-order valence-corrected chi connectivity index (χ4v) is 2.61. The van der Waals surface area contributed by atoms with Crippen molar-refractivity contribution in [1.29, 1.82) is 0 Å². The van der Waals surface area contributed by atoms with Crippen molar-refractivity contribution in [2.24, 2.45) is 0 Å². The molecule has 0 radical (unpaired) electrons. The second kappa shape index (κ2) is 6.91. The number of hydrogen-bond acceptors (Lipinski definition) is 4. The van der Waals surface area contributed by atoms with Gasteiger partial charge in [0.2, 0.25) is 11.7 Å². The normalized spacial score (nSPS) is 12.0. The molecule has 26 heavy (non-hydrogen) atoms. The van der Waals surface area contributed by atoms with Gasteiger partial charge in [-0.05, 0) is 50.6 Å². The largest absolute Gasteiger partial charge is 0.339 e. The Morgan fingerprint density at radius 2 is 2.04 bits per heavy atom. The van der Waals surface area contributed by atoms with Gasteiger partial charge < -0.3 is 10.6 Å². The van der Waals surface area contributed by atoms with Gasteiger partial charge >= 0.3 is 0 Å². The van der Waals surface area contributed by atoms with Crippen molar-refractivity contribution in [2.45, 2.75) is 26.8 Å². The topological polar surface area (TPSA) is 88.4 Å². The number of anilines is 1. The molecule has 134 valence electrons. The zero-order valence-electron chi connectivity index (χ0n) is 14.6. The van der Waals surface area contributed by atoms with Crippen molar-refractivity contribution in [2.75, 3.05) is 5.32 Å². The molecule has 0 aliphatic carbocycles. The molecule has 8 heteroatoms. The van der Waals surface area contributed by atoms with E-state index in [-0.39, 0.29) is 5.82 Å². The van der Waals surface area contributed by atoms with Gasteiger partial charge in [0.25, 0.3) is 5.91 Å². The number of carbonyl (C=O) groups excluding carboxylic acids is 2. The van der Waals surface area contributed by atoms with Crippen molar-refractivity contribution in [3.63, 3.8) is 0 Å². The number of benzene rings is 1. The summed E-state index contributed by atoms with van der Waals surface area (Å²) in [6.07, 6.45) is 3.27. The number of nitrogens with zero attached hydrogens (tertiary/aromatic N) is 3. The zero-order chi connectivity index (χ0) is 18.8. The van der Waals surface area contributed by atoms with E-state index < -0.39 is 17.9 Å². The summed E-state index contributed by atoms with van der Waals surface area (Å²) in [5.41, 5.74) is 1.93. The van der Waals surface area contributed by atoms with Crippen molar-refractivity contribution >= 4 is 23.3 Å². The summed E-state index contributed by atoms with van der Waals surface area (Å²) in [5.74, 6) is -0.799. The highest BCUT2D eigenvalue weighted by Crippen LogP contribution is 2.16. The van der Waals surface area contributed by atoms with Gasteiger partial charge in [0.15, 0.2) is 0 Å². The first-order chi connectivity index (χ1) is 12.4. The molecule has 2 amide bonds. The van der Waals surface area contributed by atoms with Crippen molar-refractivity contribution in [3.05, 3.63) is 59.4 Å². The Balaban J connectivity index is 1.74. The summed E-state index contributed by atoms with van der Waals surface area (Å²) < 4.78 is 14.7. The van der Waals surface area contributed by atoms with Crippen LogP contribution in [0.5, 0.6) is 0 Å². The molecule has 1 aromatic carbocycles. The minimum atomic E-state index is -0.798. The van der Waals surface area contributed by atoms with Crippen LogP contribution < -0.4 is 10.6 Å². The van der Waals surface area contributed by atoms with Gasteiger partial charge in [-0.1, -0.05) is 0 Å². The number of nitrogens with one attached hydrogen (secondary N) is 2. The molecule has 0 bridgehead atoms. The highest BCUT2D eigenvalue weighted by molar-refractivity contribution is 6.01. The minimum Gasteiger partial charge on any atom is -0.339 e. The van der Waals surface area contributed by atoms with E-state index in [9.17, 15) is 14.0 Å². The molecule has 2 aromatic heterocycles. The third-order valence-corrected chi connectivity index (χ3v) is 3.98. The van der Waals surface area contributed by atoms with E-state index in [1.807, 2.05) is 0 Å². The first kappa shape index (κ1) is 17.5. The van der Waals surface area contributed by atoms with Gasteiger partial charge in [0.05, 0.1) is 5.69 Å². The van der Waals surface area contributed by atoms with Crippen molar-refractivity contribution in [3.8, 4) is 0 Å². The molecule has 1 atom stereocenters. The Kier molecular flexibility index (Phi) is 4.66. The second-order valence-electron chi connectivity index (χ2n) is 5.98. The number of aryl methyl sites for hydroxylation is 2. The summed E-state index contributed by atoms with van der Waals surface area (Å²) in [7, 11) is 0. The predicted octanol–water partition coefficient (Wildman–Crippen LogP) is 2.24. The standard InChI is InChI=1S/C18H18FN5O2/c1-10-9-13(19)5-6-14(10)23-16(25)12(3)21-17(26)15-11(2)22-18-20-7-4-8-24(15)18/h4-9,12H,1-3H3,(H,21,26)(H,23,25)/t12-/m0/s1. The van der Waals surface area contributed by atoms with E-state index in [0.29, 0.717) is 28.4 Å². The molecular weight excluding hydrogens is 337 g/mol. The van der Waals surface area contributed by atoms with Crippen molar-refractivity contribution in [1.82, 2.24) is 19.7 Å². The molecule has 2 N–H and O–H groups in total. The summed E-state index contributed by atoms with van der Waals surface area (Å²) in [6.45, 7) is 4.97. The first-order valence-electron chi connectivity index (χ1n) is 8.04. The van der Waals surface area contributed by atoms with Crippen molar-refractivity contribution < 1.29 is 14.0 Å². The van der Waals surface area contributed by atoms with Gasteiger partial charge in [-0.3, -0.25) is 14.0 Å². The summed E-state index contributed by atoms with van der Waals surface area (Å²) in [5, 5.41) is 5.34. The third kappa shape index (κ3) is 3.39. The molecule has 0 saturated carbocycles. The molecule has 0 spiro atoms. The van der Waals surface area contributed by atoms with Gasteiger partial charge in [-0.25, -0.2) is 14.4 Å². The number of carbonyl (C=O) groups is 2. The van der Waals surface area contributed by atoms with Crippen LogP contribution in [0.25, 0.3) is 5.78 Å². The van der Waals surface area contributed by atoms with E-state index in [1.54, 1.807) is 43.6 Å². The van der Waals surface area contributed by atoms with Crippen LogP contribution in [0.15, 0.2) is 36.7 Å². The van der Waals surface area contributed by atoms with Crippen LogP contribution in [0.3, 0.4) is 0 Å². The maximum Gasteiger partial charge on any atom is 0.270 e. The van der Waals surface area contributed by atoms with Crippen LogP contribution in [-0.2, 0) is 4.79 Å². The highest BCUT2D eigenvalue weighted by Gasteiger charge is 2.22. The predicted molar refractivity (Wildman–Crippen MR) is 94.4 cm³/mol. The first-order valence-corrected chi connectivity index (χ1v) is 8.04. The maximum atomic E-state index is 13.2. The Bertz CT molecular complexity index is 998. The quantitative estimate of drug-likeness (QED) is 0.751. The van der Waals surface area contributed by atoms with Gasteiger partial charge in [0, 0.05) is 18.1 Å². The molecule has 7 nitrogen and oxygen atoms in total. The number of rotatable bonds is 4. The van der Waals surface area contributed by atoms with E-state index >= 15 is 0 Å². The lowest BCUT2D eigenvalue weighted by molar-refractivity contribution is -0.117. The van der Waals surface area contributed by atoms with E-state index in [1.165, 1.54) is 18.2 Å². The molecule has 0 fully saturated rings. The number of amides is 2. The third-order valence-electron chi connectivity index (χ3n) is 3.98. The molecule has 2 heterocycles. The molecule has 0 aliphatic rings. The molecular formula is C18H18FN5O2. The molecule has 0 saturated heterocycles. The number of fused-ring (bicyclic) bond motifs is 1. The van der Waals surface area contributed by atoms with Crippen LogP contribution >= 0.6 is 0 Å². The fourth-order valence-electron chi connectivity index (χ4n) is 2.61. The Morgan fingerprint density at radius 3 is 2.77 bits per heavy atom. The molecule has 3 rings (SSSR count). The van der Waals surface area contributed by atoms with Crippen LogP contribution in [0.2, 0.25) is 0 Å². The number of aromatic nitrogens is 3. The Hall–Kier alpha value is -3.29. The number of halogens is 1. The second-order valence-corrected chi connectivity index (χ2v) is 5.98. The average Bonchev–Trinajstić information content (AvgIpc) is 2.92. The van der Waals surface area contributed by atoms with Gasteiger partial charge in [-0.2, -0.15) is 0 Å².